The van der Waals surface area contributed by atoms with Crippen LogP contribution in [0.3, 0.4) is 0 Å². The number of thiazole rings is 1. The SMILES string of the molecule is CC(C)(C)OC(=O)N1CC2CN(c3ccc(-c4ccc(-c5cnn(C6CCCCO6)c5)c5ncsc45)nn3)CC2C1. The summed E-state index contributed by atoms with van der Waals surface area (Å²) >= 11 is 1.62. The van der Waals surface area contributed by atoms with Crippen molar-refractivity contribution in [2.45, 2.75) is 51.9 Å². The number of aromatic nitrogens is 5. The van der Waals surface area contributed by atoms with Gasteiger partial charge < -0.3 is 19.3 Å². The number of rotatable bonds is 4. The normalized spacial score (nSPS) is 22.9. The fourth-order valence-corrected chi connectivity index (χ4v) is 7.08. The number of benzene rings is 1. The number of fused-ring (bicyclic) bond motifs is 2. The number of carbonyl (C=O) groups is 1. The lowest BCUT2D eigenvalue weighted by Gasteiger charge is -2.26. The molecule has 4 aromatic rings. The van der Waals surface area contributed by atoms with Gasteiger partial charge in [0.25, 0.3) is 0 Å². The lowest BCUT2D eigenvalue weighted by atomic mass is 10.0. The van der Waals surface area contributed by atoms with E-state index in [1.165, 1.54) is 0 Å². The molecule has 214 valence electrons. The summed E-state index contributed by atoms with van der Waals surface area (Å²) in [4.78, 5) is 21.4. The topological polar surface area (TPSA) is 98.5 Å². The number of nitrogens with zero attached hydrogens (tertiary/aromatic N) is 7. The fraction of sp³-hybridized carbons (Fsp3) is 0.500. The minimum absolute atomic E-state index is 0.00979. The van der Waals surface area contributed by atoms with Gasteiger partial charge in [-0.3, -0.25) is 0 Å². The molecule has 7 rings (SSSR count). The van der Waals surface area contributed by atoms with Crippen molar-refractivity contribution in [1.29, 1.82) is 0 Å². The van der Waals surface area contributed by atoms with Crippen molar-refractivity contribution in [3.8, 4) is 22.4 Å². The Labute approximate surface area is 243 Å². The molecule has 1 aromatic carbocycles. The zero-order chi connectivity index (χ0) is 28.1. The molecule has 0 N–H and O–H groups in total. The van der Waals surface area contributed by atoms with Crippen molar-refractivity contribution in [2.24, 2.45) is 11.8 Å². The lowest BCUT2D eigenvalue weighted by molar-refractivity contribution is -0.0394. The van der Waals surface area contributed by atoms with Crippen LogP contribution in [0.1, 0.15) is 46.3 Å². The highest BCUT2D eigenvalue weighted by Gasteiger charge is 2.43. The molecule has 0 radical (unpaired) electrons. The highest BCUT2D eigenvalue weighted by molar-refractivity contribution is 7.17. The molecule has 3 aliphatic heterocycles. The molecule has 11 heteroatoms. The van der Waals surface area contributed by atoms with Crippen LogP contribution in [0, 0.1) is 11.8 Å². The van der Waals surface area contributed by atoms with E-state index in [9.17, 15) is 4.79 Å². The smallest absolute Gasteiger partial charge is 0.410 e. The van der Waals surface area contributed by atoms with E-state index in [0.717, 1.165) is 90.5 Å². The predicted molar refractivity (Wildman–Crippen MR) is 158 cm³/mol. The van der Waals surface area contributed by atoms with Gasteiger partial charge in [-0.15, -0.1) is 21.5 Å². The second-order valence-electron chi connectivity index (χ2n) is 12.3. The van der Waals surface area contributed by atoms with Crippen LogP contribution in [-0.2, 0) is 9.47 Å². The second-order valence-corrected chi connectivity index (χ2v) is 13.2. The molecule has 10 nitrogen and oxygen atoms in total. The summed E-state index contributed by atoms with van der Waals surface area (Å²) in [7, 11) is 0. The van der Waals surface area contributed by atoms with Crippen molar-refractivity contribution in [3.63, 3.8) is 0 Å². The Morgan fingerprint density at radius 3 is 2.54 bits per heavy atom. The first-order chi connectivity index (χ1) is 19.8. The molecule has 1 amide bonds. The maximum atomic E-state index is 12.5. The average Bonchev–Trinajstić information content (AvgIpc) is 3.76. The summed E-state index contributed by atoms with van der Waals surface area (Å²) < 4.78 is 14.5. The third-order valence-electron chi connectivity index (χ3n) is 8.24. The van der Waals surface area contributed by atoms with Gasteiger partial charge in [0.1, 0.15) is 11.8 Å². The molecule has 6 heterocycles. The molecule has 0 spiro atoms. The molecule has 3 fully saturated rings. The van der Waals surface area contributed by atoms with Gasteiger partial charge >= 0.3 is 6.09 Å². The number of amides is 1. The Morgan fingerprint density at radius 2 is 1.83 bits per heavy atom. The Hall–Kier alpha value is -3.57. The summed E-state index contributed by atoms with van der Waals surface area (Å²) in [5.74, 6) is 1.71. The zero-order valence-corrected chi connectivity index (χ0v) is 24.5. The van der Waals surface area contributed by atoms with Crippen LogP contribution in [0.2, 0.25) is 0 Å². The van der Waals surface area contributed by atoms with Crippen molar-refractivity contribution in [1.82, 2.24) is 29.9 Å². The maximum Gasteiger partial charge on any atom is 0.410 e. The van der Waals surface area contributed by atoms with E-state index in [1.807, 2.05) is 42.1 Å². The number of hydrogen-bond donors (Lipinski definition) is 0. The average molecular weight is 574 g/mol. The molecule has 3 atom stereocenters. The number of ether oxygens (including phenoxy) is 2. The molecule has 3 saturated heterocycles. The van der Waals surface area contributed by atoms with Crippen molar-refractivity contribution in [2.75, 3.05) is 37.7 Å². The van der Waals surface area contributed by atoms with Crippen LogP contribution in [0.15, 0.2) is 42.2 Å². The molecule has 0 bridgehead atoms. The van der Waals surface area contributed by atoms with Gasteiger partial charge in [0.15, 0.2) is 5.82 Å². The van der Waals surface area contributed by atoms with Gasteiger partial charge in [-0.25, -0.2) is 14.5 Å². The summed E-state index contributed by atoms with van der Waals surface area (Å²) in [5.41, 5.74) is 6.31. The minimum Gasteiger partial charge on any atom is -0.444 e. The summed E-state index contributed by atoms with van der Waals surface area (Å²) in [6, 6.07) is 8.33. The number of anilines is 1. The first-order valence-electron chi connectivity index (χ1n) is 14.4. The van der Waals surface area contributed by atoms with Crippen LogP contribution < -0.4 is 4.90 Å². The molecule has 3 aromatic heterocycles. The number of hydrogen-bond acceptors (Lipinski definition) is 9. The number of likely N-dealkylation sites (tertiary alicyclic amines) is 1. The highest BCUT2D eigenvalue weighted by Crippen LogP contribution is 2.38. The minimum atomic E-state index is -0.476. The largest absolute Gasteiger partial charge is 0.444 e. The summed E-state index contributed by atoms with van der Waals surface area (Å²) in [5, 5.41) is 13.9. The summed E-state index contributed by atoms with van der Waals surface area (Å²) in [6.45, 7) is 9.69. The predicted octanol–water partition coefficient (Wildman–Crippen LogP) is 5.62. The standard InChI is InChI=1S/C30H35N7O3S/c1-30(2,3)40-29(38)36-15-20-13-35(14-21(20)16-36)25-10-9-24(33-34-25)23-8-7-22(27-28(23)41-18-31-27)19-12-32-37(17-19)26-6-4-5-11-39-26/h7-10,12,17-18,20-21,26H,4-6,11,13-16H2,1-3H3. The monoisotopic (exact) mass is 573 g/mol. The maximum absolute atomic E-state index is 12.5. The van der Waals surface area contributed by atoms with E-state index in [2.05, 4.69) is 50.7 Å². The van der Waals surface area contributed by atoms with E-state index >= 15 is 0 Å². The first-order valence-corrected chi connectivity index (χ1v) is 15.3. The molecule has 0 aliphatic carbocycles. The molecular weight excluding hydrogens is 538 g/mol. The third kappa shape index (κ3) is 5.17. The Morgan fingerprint density at radius 1 is 1.02 bits per heavy atom. The van der Waals surface area contributed by atoms with Gasteiger partial charge in [-0.2, -0.15) is 5.10 Å². The molecule has 3 aliphatic rings. The van der Waals surface area contributed by atoms with Crippen molar-refractivity contribution >= 4 is 33.5 Å². The zero-order valence-electron chi connectivity index (χ0n) is 23.7. The Kier molecular flexibility index (Phi) is 6.66. The van der Waals surface area contributed by atoms with E-state index in [0.29, 0.717) is 11.8 Å². The number of carbonyl (C=O) groups excluding carboxylic acids is 1. The second kappa shape index (κ2) is 10.4. The van der Waals surface area contributed by atoms with Crippen LogP contribution in [0.5, 0.6) is 0 Å². The van der Waals surface area contributed by atoms with Crippen LogP contribution >= 0.6 is 11.3 Å². The van der Waals surface area contributed by atoms with E-state index in [1.54, 1.807) is 11.3 Å². The van der Waals surface area contributed by atoms with Gasteiger partial charge in [0, 0.05) is 67.5 Å². The van der Waals surface area contributed by atoms with Gasteiger partial charge in [-0.05, 0) is 52.2 Å². The van der Waals surface area contributed by atoms with Crippen molar-refractivity contribution in [3.05, 3.63) is 42.2 Å². The molecule has 0 saturated carbocycles. The molecular formula is C30H35N7O3S. The van der Waals surface area contributed by atoms with E-state index in [-0.39, 0.29) is 12.3 Å². The van der Waals surface area contributed by atoms with E-state index in [4.69, 9.17) is 14.5 Å². The molecule has 3 unspecified atom stereocenters. The highest BCUT2D eigenvalue weighted by atomic mass is 32.1. The van der Waals surface area contributed by atoms with Crippen LogP contribution in [0.4, 0.5) is 10.6 Å². The first kappa shape index (κ1) is 26.3. The Balaban J connectivity index is 1.05. The Bertz CT molecular complexity index is 1540. The lowest BCUT2D eigenvalue weighted by Crippen LogP contribution is -2.37. The van der Waals surface area contributed by atoms with Gasteiger partial charge in [-0.1, -0.05) is 12.1 Å². The van der Waals surface area contributed by atoms with Crippen LogP contribution in [0.25, 0.3) is 32.6 Å². The molecule has 41 heavy (non-hydrogen) atoms. The van der Waals surface area contributed by atoms with E-state index < -0.39 is 5.60 Å². The third-order valence-corrected chi connectivity index (χ3v) is 9.10. The van der Waals surface area contributed by atoms with Crippen LogP contribution in [-0.4, -0.2) is 74.3 Å². The van der Waals surface area contributed by atoms with Gasteiger partial charge in [0.2, 0.25) is 0 Å². The fourth-order valence-electron chi connectivity index (χ4n) is 6.25. The van der Waals surface area contributed by atoms with Crippen molar-refractivity contribution < 1.29 is 14.3 Å². The summed E-state index contributed by atoms with van der Waals surface area (Å²) in [6.07, 6.45) is 7.03. The quantitative estimate of drug-likeness (QED) is 0.310. The van der Waals surface area contributed by atoms with Gasteiger partial charge in [0.05, 0.1) is 27.6 Å².